The third-order valence-corrected chi connectivity index (χ3v) is 4.72. The first-order valence-electron chi connectivity index (χ1n) is 8.10. The lowest BCUT2D eigenvalue weighted by Gasteiger charge is -2.34. The molecule has 1 saturated heterocycles. The van der Waals surface area contributed by atoms with Gasteiger partial charge in [-0.15, -0.1) is 0 Å². The van der Waals surface area contributed by atoms with Crippen molar-refractivity contribution >= 4 is 0 Å². The van der Waals surface area contributed by atoms with E-state index in [0.29, 0.717) is 25.8 Å². The summed E-state index contributed by atoms with van der Waals surface area (Å²) in [6, 6.07) is -0.365. The third-order valence-electron chi connectivity index (χ3n) is 4.72. The molecule has 2 atom stereocenters. The van der Waals surface area contributed by atoms with E-state index in [1.165, 1.54) is 25.7 Å². The van der Waals surface area contributed by atoms with E-state index >= 15 is 0 Å². The molecule has 2 fully saturated rings. The molecule has 2 aliphatic rings. The Morgan fingerprint density at radius 2 is 1.55 bits per heavy atom. The summed E-state index contributed by atoms with van der Waals surface area (Å²) in [6.45, 7) is 3.79. The summed E-state index contributed by atoms with van der Waals surface area (Å²) in [7, 11) is 0. The summed E-state index contributed by atoms with van der Waals surface area (Å²) in [6.07, 6.45) is 3.62. The average Bonchev–Trinajstić information content (AvgIpc) is 2.67. The molecule has 1 N–H and O–H groups in total. The van der Waals surface area contributed by atoms with Crippen LogP contribution in [-0.4, -0.2) is 43.3 Å². The van der Waals surface area contributed by atoms with Crippen molar-refractivity contribution in [3.05, 3.63) is 0 Å². The molecule has 118 valence electrons. The summed E-state index contributed by atoms with van der Waals surface area (Å²) in [5.74, 6) is -1.14. The van der Waals surface area contributed by atoms with Gasteiger partial charge in [-0.1, -0.05) is 25.7 Å². The molecule has 5 heteroatoms. The molecule has 20 heavy (non-hydrogen) atoms. The molecule has 0 bridgehead atoms. The van der Waals surface area contributed by atoms with Crippen LogP contribution in [0.1, 0.15) is 51.4 Å². The fraction of sp³-hybridized carbons (Fsp3) is 1.00. The van der Waals surface area contributed by atoms with Crippen LogP contribution in [0.2, 0.25) is 0 Å². The second-order valence-electron chi connectivity index (χ2n) is 6.25. The van der Waals surface area contributed by atoms with Crippen molar-refractivity contribution in [2.24, 2.45) is 5.92 Å². The van der Waals surface area contributed by atoms with E-state index in [4.69, 9.17) is 0 Å². The predicted octanol–water partition coefficient (Wildman–Crippen LogP) is 3.57. The molecular formula is C15H27F3N2. The minimum absolute atomic E-state index is 0.297. The standard InChI is InChI=1S/C15H27F3N2/c16-15(17,18)13-7-3-4-8-14(13)19-9-12-20-10-5-1-2-6-11-20/h13-14,19H,1-12H2. The van der Waals surface area contributed by atoms with Crippen molar-refractivity contribution in [3.63, 3.8) is 0 Å². The van der Waals surface area contributed by atoms with Crippen LogP contribution >= 0.6 is 0 Å². The van der Waals surface area contributed by atoms with E-state index in [0.717, 1.165) is 26.1 Å². The second kappa shape index (κ2) is 7.64. The van der Waals surface area contributed by atoms with E-state index in [1.54, 1.807) is 0 Å². The molecule has 1 aliphatic heterocycles. The van der Waals surface area contributed by atoms with Gasteiger partial charge in [0.25, 0.3) is 0 Å². The maximum absolute atomic E-state index is 13.0. The third kappa shape index (κ3) is 4.92. The van der Waals surface area contributed by atoms with E-state index in [2.05, 4.69) is 10.2 Å². The largest absolute Gasteiger partial charge is 0.393 e. The maximum Gasteiger partial charge on any atom is 0.393 e. The lowest BCUT2D eigenvalue weighted by atomic mass is 9.84. The number of alkyl halides is 3. The average molecular weight is 292 g/mol. The quantitative estimate of drug-likeness (QED) is 0.852. The van der Waals surface area contributed by atoms with Crippen molar-refractivity contribution in [2.45, 2.75) is 63.6 Å². The van der Waals surface area contributed by atoms with Crippen molar-refractivity contribution in [2.75, 3.05) is 26.2 Å². The molecule has 2 nitrogen and oxygen atoms in total. The van der Waals surface area contributed by atoms with Crippen LogP contribution in [0, 0.1) is 5.92 Å². The molecular weight excluding hydrogens is 265 g/mol. The maximum atomic E-state index is 13.0. The summed E-state index contributed by atoms with van der Waals surface area (Å²) >= 11 is 0. The van der Waals surface area contributed by atoms with Crippen molar-refractivity contribution in [1.29, 1.82) is 0 Å². The first-order chi connectivity index (χ1) is 9.57. The Bertz CT molecular complexity index is 273. The monoisotopic (exact) mass is 292 g/mol. The fourth-order valence-corrected chi connectivity index (χ4v) is 3.53. The lowest BCUT2D eigenvalue weighted by Crippen LogP contribution is -2.47. The fourth-order valence-electron chi connectivity index (χ4n) is 3.53. The number of nitrogens with one attached hydrogen (secondary N) is 1. The Morgan fingerprint density at radius 3 is 2.20 bits per heavy atom. The predicted molar refractivity (Wildman–Crippen MR) is 74.7 cm³/mol. The highest BCUT2D eigenvalue weighted by atomic mass is 19.4. The van der Waals surface area contributed by atoms with E-state index in [-0.39, 0.29) is 6.04 Å². The minimum Gasteiger partial charge on any atom is -0.312 e. The van der Waals surface area contributed by atoms with Crippen LogP contribution in [0.15, 0.2) is 0 Å². The molecule has 0 spiro atoms. The number of hydrogen-bond donors (Lipinski definition) is 1. The molecule has 0 aromatic carbocycles. The van der Waals surface area contributed by atoms with Crippen LogP contribution in [-0.2, 0) is 0 Å². The number of hydrogen-bond acceptors (Lipinski definition) is 2. The lowest BCUT2D eigenvalue weighted by molar-refractivity contribution is -0.188. The zero-order chi connectivity index (χ0) is 14.4. The van der Waals surface area contributed by atoms with Gasteiger partial charge in [0.15, 0.2) is 0 Å². The first-order valence-corrected chi connectivity index (χ1v) is 8.10. The molecule has 0 amide bonds. The van der Waals surface area contributed by atoms with Gasteiger partial charge in [-0.3, -0.25) is 0 Å². The van der Waals surface area contributed by atoms with Gasteiger partial charge >= 0.3 is 6.18 Å². The number of likely N-dealkylation sites (tertiary alicyclic amines) is 1. The van der Waals surface area contributed by atoms with Crippen LogP contribution in [0.25, 0.3) is 0 Å². The van der Waals surface area contributed by atoms with E-state index < -0.39 is 12.1 Å². The van der Waals surface area contributed by atoms with Crippen LogP contribution in [0.4, 0.5) is 13.2 Å². The van der Waals surface area contributed by atoms with Gasteiger partial charge in [0, 0.05) is 19.1 Å². The Labute approximate surface area is 120 Å². The number of nitrogens with zero attached hydrogens (tertiary/aromatic N) is 1. The molecule has 1 heterocycles. The van der Waals surface area contributed by atoms with Crippen molar-refractivity contribution in [1.82, 2.24) is 10.2 Å². The smallest absolute Gasteiger partial charge is 0.312 e. The van der Waals surface area contributed by atoms with Crippen molar-refractivity contribution < 1.29 is 13.2 Å². The number of halogens is 3. The Hall–Kier alpha value is -0.290. The van der Waals surface area contributed by atoms with Gasteiger partial charge in [0.05, 0.1) is 5.92 Å². The van der Waals surface area contributed by atoms with E-state index in [9.17, 15) is 13.2 Å². The Morgan fingerprint density at radius 1 is 0.900 bits per heavy atom. The van der Waals surface area contributed by atoms with Gasteiger partial charge in [-0.05, 0) is 38.8 Å². The second-order valence-corrected chi connectivity index (χ2v) is 6.25. The SMILES string of the molecule is FC(F)(F)C1CCCCC1NCCN1CCCCCC1. The van der Waals surface area contributed by atoms with Gasteiger partial charge in [0.1, 0.15) is 0 Å². The molecule has 0 aromatic rings. The summed E-state index contributed by atoms with van der Waals surface area (Å²) < 4.78 is 38.9. The molecule has 1 saturated carbocycles. The zero-order valence-corrected chi connectivity index (χ0v) is 12.2. The van der Waals surface area contributed by atoms with Crippen LogP contribution in [0.3, 0.4) is 0 Å². The minimum atomic E-state index is -4.04. The topological polar surface area (TPSA) is 15.3 Å². The summed E-state index contributed by atoms with van der Waals surface area (Å²) in [5, 5.41) is 3.18. The van der Waals surface area contributed by atoms with Gasteiger partial charge in [0.2, 0.25) is 0 Å². The molecule has 0 aromatic heterocycles. The zero-order valence-electron chi connectivity index (χ0n) is 12.2. The van der Waals surface area contributed by atoms with Crippen LogP contribution < -0.4 is 5.32 Å². The first kappa shape index (κ1) is 16.1. The van der Waals surface area contributed by atoms with Crippen LogP contribution in [0.5, 0.6) is 0 Å². The van der Waals surface area contributed by atoms with Gasteiger partial charge in [-0.2, -0.15) is 13.2 Å². The molecule has 1 aliphatic carbocycles. The number of rotatable bonds is 4. The normalized spacial score (nSPS) is 30.1. The van der Waals surface area contributed by atoms with E-state index in [1.807, 2.05) is 0 Å². The highest BCUT2D eigenvalue weighted by molar-refractivity contribution is 4.85. The van der Waals surface area contributed by atoms with Crippen molar-refractivity contribution in [3.8, 4) is 0 Å². The highest BCUT2D eigenvalue weighted by Crippen LogP contribution is 2.37. The van der Waals surface area contributed by atoms with Gasteiger partial charge < -0.3 is 10.2 Å². The van der Waals surface area contributed by atoms with Gasteiger partial charge in [-0.25, -0.2) is 0 Å². The molecule has 2 rings (SSSR count). The summed E-state index contributed by atoms with van der Waals surface area (Å²) in [4.78, 5) is 2.39. The summed E-state index contributed by atoms with van der Waals surface area (Å²) in [5.41, 5.74) is 0. The Balaban J connectivity index is 1.73. The Kier molecular flexibility index (Phi) is 6.15. The molecule has 2 unspecified atom stereocenters. The molecule has 0 radical (unpaired) electrons. The highest BCUT2D eigenvalue weighted by Gasteiger charge is 2.45.